The summed E-state index contributed by atoms with van der Waals surface area (Å²) in [5.74, 6) is 0.511. The van der Waals surface area contributed by atoms with E-state index >= 15 is 0 Å². The van der Waals surface area contributed by atoms with Crippen LogP contribution in [0.5, 0.6) is 5.75 Å². The zero-order chi connectivity index (χ0) is 14.7. The van der Waals surface area contributed by atoms with Gasteiger partial charge in [-0.15, -0.1) is 0 Å². The van der Waals surface area contributed by atoms with Crippen molar-refractivity contribution >= 4 is 29.0 Å². The van der Waals surface area contributed by atoms with Gasteiger partial charge < -0.3 is 10.5 Å². The van der Waals surface area contributed by atoms with Gasteiger partial charge in [0.15, 0.2) is 0 Å². The smallest absolute Gasteiger partial charge is 0.293 e. The Morgan fingerprint density at radius 2 is 2.15 bits per heavy atom. The van der Waals surface area contributed by atoms with E-state index in [-0.39, 0.29) is 24.2 Å². The molecule has 0 aliphatic carbocycles. The predicted octanol–water partition coefficient (Wildman–Crippen LogP) is 2.00. The number of aryl methyl sites for hydroxylation is 1. The van der Waals surface area contributed by atoms with Crippen LogP contribution in [0.2, 0.25) is 0 Å². The van der Waals surface area contributed by atoms with E-state index in [9.17, 15) is 9.59 Å². The fraction of sp³-hybridized carbons (Fsp3) is 0.286. The van der Waals surface area contributed by atoms with Gasteiger partial charge in [-0.3, -0.25) is 14.5 Å². The van der Waals surface area contributed by atoms with E-state index < -0.39 is 0 Å². The summed E-state index contributed by atoms with van der Waals surface area (Å²) in [5, 5.41) is -0.267. The highest BCUT2D eigenvalue weighted by Gasteiger charge is 2.34. The minimum Gasteiger partial charge on any atom is -0.496 e. The molecule has 1 saturated heterocycles. The van der Waals surface area contributed by atoms with Crippen molar-refractivity contribution in [2.24, 2.45) is 5.73 Å². The van der Waals surface area contributed by atoms with Crippen molar-refractivity contribution in [3.05, 3.63) is 34.2 Å². The molecular weight excluding hydrogens is 276 g/mol. The summed E-state index contributed by atoms with van der Waals surface area (Å²) in [6.45, 7) is 2.45. The Kier molecular flexibility index (Phi) is 4.46. The Bertz CT molecular complexity index is 584. The van der Waals surface area contributed by atoms with Crippen molar-refractivity contribution < 1.29 is 14.3 Å². The first-order chi connectivity index (χ1) is 9.56. The molecule has 20 heavy (non-hydrogen) atoms. The molecule has 0 unspecified atom stereocenters. The summed E-state index contributed by atoms with van der Waals surface area (Å²) in [4.78, 5) is 25.3. The molecule has 0 aromatic heterocycles. The second kappa shape index (κ2) is 6.11. The lowest BCUT2D eigenvalue weighted by Gasteiger charge is -2.09. The number of amides is 2. The predicted molar refractivity (Wildman–Crippen MR) is 79.5 cm³/mol. The maximum atomic E-state index is 12.1. The van der Waals surface area contributed by atoms with Crippen LogP contribution in [0.25, 0.3) is 6.08 Å². The highest BCUT2D eigenvalue weighted by Crippen LogP contribution is 2.32. The number of methoxy groups -OCH3 is 1. The molecule has 1 aliphatic heterocycles. The Balaban J connectivity index is 2.26. The molecule has 5 nitrogen and oxygen atoms in total. The van der Waals surface area contributed by atoms with E-state index in [1.165, 1.54) is 4.90 Å². The molecule has 0 radical (unpaired) electrons. The maximum absolute atomic E-state index is 12.1. The zero-order valence-corrected chi connectivity index (χ0v) is 12.2. The Morgan fingerprint density at radius 1 is 1.40 bits per heavy atom. The first-order valence-electron chi connectivity index (χ1n) is 6.17. The number of rotatable bonds is 4. The van der Waals surface area contributed by atoms with Crippen molar-refractivity contribution in [3.63, 3.8) is 0 Å². The number of carbonyl (C=O) groups is 2. The van der Waals surface area contributed by atoms with Crippen molar-refractivity contribution in [2.75, 3.05) is 20.2 Å². The first-order valence-corrected chi connectivity index (χ1v) is 6.98. The molecule has 1 aromatic rings. The van der Waals surface area contributed by atoms with Crippen LogP contribution in [0.15, 0.2) is 23.1 Å². The molecule has 1 fully saturated rings. The summed E-state index contributed by atoms with van der Waals surface area (Å²) in [7, 11) is 1.61. The van der Waals surface area contributed by atoms with E-state index in [4.69, 9.17) is 10.5 Å². The molecule has 1 aliphatic rings. The van der Waals surface area contributed by atoms with Gasteiger partial charge in [-0.2, -0.15) is 0 Å². The van der Waals surface area contributed by atoms with E-state index in [0.29, 0.717) is 4.91 Å². The molecule has 106 valence electrons. The third kappa shape index (κ3) is 2.86. The van der Waals surface area contributed by atoms with Gasteiger partial charge in [0.25, 0.3) is 11.1 Å². The largest absolute Gasteiger partial charge is 0.496 e. The van der Waals surface area contributed by atoms with Crippen molar-refractivity contribution in [3.8, 4) is 5.75 Å². The molecule has 1 heterocycles. The number of imide groups is 1. The van der Waals surface area contributed by atoms with Gasteiger partial charge in [0.2, 0.25) is 0 Å². The van der Waals surface area contributed by atoms with Crippen LogP contribution >= 0.6 is 11.8 Å². The highest BCUT2D eigenvalue weighted by molar-refractivity contribution is 8.18. The van der Waals surface area contributed by atoms with Crippen LogP contribution in [-0.4, -0.2) is 36.2 Å². The van der Waals surface area contributed by atoms with Gasteiger partial charge in [-0.25, -0.2) is 0 Å². The average Bonchev–Trinajstić information content (AvgIpc) is 2.67. The van der Waals surface area contributed by atoms with Gasteiger partial charge in [-0.1, -0.05) is 6.07 Å². The lowest BCUT2D eigenvalue weighted by Crippen LogP contribution is -2.33. The fourth-order valence-corrected chi connectivity index (χ4v) is 2.83. The molecule has 2 N–H and O–H groups in total. The van der Waals surface area contributed by atoms with Crippen molar-refractivity contribution in [2.45, 2.75) is 6.92 Å². The number of nitrogens with zero attached hydrogens (tertiary/aromatic N) is 1. The van der Waals surface area contributed by atoms with E-state index in [1.54, 1.807) is 13.2 Å². The summed E-state index contributed by atoms with van der Waals surface area (Å²) in [5.41, 5.74) is 7.23. The van der Waals surface area contributed by atoms with Gasteiger partial charge in [0, 0.05) is 13.1 Å². The Morgan fingerprint density at radius 3 is 2.75 bits per heavy atom. The highest BCUT2D eigenvalue weighted by atomic mass is 32.2. The molecule has 2 amide bonds. The molecular formula is C14H16N2O3S. The van der Waals surface area contributed by atoms with Crippen molar-refractivity contribution in [1.29, 1.82) is 0 Å². The molecule has 0 saturated carbocycles. The topological polar surface area (TPSA) is 72.6 Å². The fourth-order valence-electron chi connectivity index (χ4n) is 1.96. The van der Waals surface area contributed by atoms with Crippen LogP contribution in [0.4, 0.5) is 4.79 Å². The number of nitrogens with two attached hydrogens (primary N) is 1. The van der Waals surface area contributed by atoms with Crippen LogP contribution in [0.3, 0.4) is 0 Å². The van der Waals surface area contributed by atoms with Crippen LogP contribution in [0, 0.1) is 6.92 Å². The summed E-state index contributed by atoms with van der Waals surface area (Å²) in [6, 6.07) is 5.60. The van der Waals surface area contributed by atoms with Crippen molar-refractivity contribution in [1.82, 2.24) is 4.90 Å². The summed E-state index contributed by atoms with van der Waals surface area (Å²) in [6.07, 6.45) is 1.72. The van der Waals surface area contributed by atoms with Gasteiger partial charge in [0.05, 0.1) is 12.0 Å². The SMILES string of the molecule is COc1ccc(C=C2SC(=O)N(CCN)C2=O)cc1C. The number of hydrogen-bond donors (Lipinski definition) is 1. The minimum atomic E-state index is -0.279. The quantitative estimate of drug-likeness (QED) is 0.859. The Hall–Kier alpha value is -1.79. The number of thioether (sulfide) groups is 1. The second-order valence-electron chi connectivity index (χ2n) is 4.35. The molecule has 0 atom stereocenters. The normalized spacial score (nSPS) is 17.1. The van der Waals surface area contributed by atoms with Crippen LogP contribution < -0.4 is 10.5 Å². The lowest BCUT2D eigenvalue weighted by atomic mass is 10.1. The van der Waals surface area contributed by atoms with Gasteiger partial charge in [0.1, 0.15) is 5.75 Å². The molecule has 0 bridgehead atoms. The van der Waals surface area contributed by atoms with E-state index in [0.717, 1.165) is 28.6 Å². The summed E-state index contributed by atoms with van der Waals surface area (Å²) >= 11 is 0.944. The number of carbonyl (C=O) groups excluding carboxylic acids is 2. The van der Waals surface area contributed by atoms with Gasteiger partial charge in [-0.05, 0) is 48.0 Å². The lowest BCUT2D eigenvalue weighted by molar-refractivity contribution is -0.122. The summed E-state index contributed by atoms with van der Waals surface area (Å²) < 4.78 is 5.19. The molecule has 0 spiro atoms. The van der Waals surface area contributed by atoms with E-state index in [2.05, 4.69) is 0 Å². The zero-order valence-electron chi connectivity index (χ0n) is 11.4. The average molecular weight is 292 g/mol. The first kappa shape index (κ1) is 14.6. The molecule has 6 heteroatoms. The monoisotopic (exact) mass is 292 g/mol. The Labute approximate surface area is 121 Å². The third-order valence-corrected chi connectivity index (χ3v) is 3.85. The minimum absolute atomic E-state index is 0.254. The molecule has 1 aromatic carbocycles. The third-order valence-electron chi connectivity index (χ3n) is 2.94. The number of ether oxygens (including phenoxy) is 1. The number of hydrogen-bond acceptors (Lipinski definition) is 5. The standard InChI is InChI=1S/C14H16N2O3S/c1-9-7-10(3-4-11(9)19-2)8-12-13(17)16(6-5-15)14(18)20-12/h3-4,7-8H,5-6,15H2,1-2H3. The second-order valence-corrected chi connectivity index (χ2v) is 5.34. The molecule has 2 rings (SSSR count). The van der Waals surface area contributed by atoms with Crippen LogP contribution in [0.1, 0.15) is 11.1 Å². The van der Waals surface area contributed by atoms with E-state index in [1.807, 2.05) is 25.1 Å². The van der Waals surface area contributed by atoms with Crippen LogP contribution in [-0.2, 0) is 4.79 Å². The van der Waals surface area contributed by atoms with Gasteiger partial charge >= 0.3 is 0 Å². The number of benzene rings is 1. The maximum Gasteiger partial charge on any atom is 0.293 e.